The second-order valence-electron chi connectivity index (χ2n) is 4.66. The zero-order valence-electron chi connectivity index (χ0n) is 12.7. The Bertz CT molecular complexity index is 499. The second kappa shape index (κ2) is 9.60. The summed E-state index contributed by atoms with van der Waals surface area (Å²) in [5.41, 5.74) is 5.12. The molecule has 0 aliphatic heterocycles. The van der Waals surface area contributed by atoms with E-state index in [4.69, 9.17) is 21.7 Å². The van der Waals surface area contributed by atoms with Crippen molar-refractivity contribution in [2.24, 2.45) is 0 Å². The third-order valence-electron chi connectivity index (χ3n) is 2.59. The molecule has 0 fully saturated rings. The van der Waals surface area contributed by atoms with Crippen LogP contribution in [0.25, 0.3) is 0 Å². The molecule has 0 radical (unpaired) electrons. The van der Waals surface area contributed by atoms with Crippen LogP contribution in [-0.4, -0.2) is 36.9 Å². The average molecular weight is 390 g/mol. The fourth-order valence-electron chi connectivity index (χ4n) is 1.54. The van der Waals surface area contributed by atoms with Gasteiger partial charge in [-0.25, -0.2) is 0 Å². The Morgan fingerprint density at radius 3 is 2.50 bits per heavy atom. The Hall–Kier alpha value is -1.38. The first-order valence-corrected chi connectivity index (χ1v) is 7.90. The van der Waals surface area contributed by atoms with Crippen LogP contribution in [0.4, 0.5) is 0 Å². The van der Waals surface area contributed by atoms with Crippen LogP contribution < -0.4 is 20.9 Å². The summed E-state index contributed by atoms with van der Waals surface area (Å²) in [5, 5.41) is 3.28. The van der Waals surface area contributed by atoms with Gasteiger partial charge in [0.15, 0.2) is 11.2 Å². The minimum atomic E-state index is -0.659. The van der Waals surface area contributed by atoms with Gasteiger partial charge >= 0.3 is 0 Å². The Kier molecular flexibility index (Phi) is 8.15. The lowest BCUT2D eigenvalue weighted by molar-refractivity contribution is -0.127. The maximum absolute atomic E-state index is 11.9. The molecule has 1 rings (SSSR count). The number of hydrogen-bond acceptors (Lipinski definition) is 4. The van der Waals surface area contributed by atoms with Gasteiger partial charge in [0.25, 0.3) is 5.91 Å². The van der Waals surface area contributed by atoms with E-state index in [-0.39, 0.29) is 11.9 Å². The van der Waals surface area contributed by atoms with Gasteiger partial charge in [0.05, 0.1) is 6.61 Å². The Balaban J connectivity index is 2.34. The first kappa shape index (κ1) is 18.7. The SMILES string of the molecule is COC[C@@H](C)NC(=S)NNC(=O)[C@H](C)Oc1ccc(Br)cc1. The van der Waals surface area contributed by atoms with Crippen molar-refractivity contribution in [2.75, 3.05) is 13.7 Å². The van der Waals surface area contributed by atoms with E-state index in [1.54, 1.807) is 26.2 Å². The number of methoxy groups -OCH3 is 1. The van der Waals surface area contributed by atoms with Crippen molar-refractivity contribution in [1.82, 2.24) is 16.2 Å². The van der Waals surface area contributed by atoms with Crippen LogP contribution in [0, 0.1) is 0 Å². The first-order chi connectivity index (χ1) is 10.4. The molecule has 0 aliphatic rings. The first-order valence-electron chi connectivity index (χ1n) is 6.70. The van der Waals surface area contributed by atoms with Crippen LogP contribution in [-0.2, 0) is 9.53 Å². The predicted molar refractivity (Wildman–Crippen MR) is 92.6 cm³/mol. The number of amides is 1. The van der Waals surface area contributed by atoms with Crippen molar-refractivity contribution in [2.45, 2.75) is 26.0 Å². The summed E-state index contributed by atoms with van der Waals surface area (Å²) < 4.78 is 11.5. The highest BCUT2D eigenvalue weighted by Gasteiger charge is 2.15. The molecule has 6 nitrogen and oxygen atoms in total. The maximum Gasteiger partial charge on any atom is 0.279 e. The number of thiocarbonyl (C=S) groups is 1. The molecular weight excluding hydrogens is 370 g/mol. The van der Waals surface area contributed by atoms with Crippen LogP contribution in [0.5, 0.6) is 5.75 Å². The number of carbonyl (C=O) groups is 1. The third kappa shape index (κ3) is 7.06. The number of hydrazine groups is 1. The van der Waals surface area contributed by atoms with E-state index in [1.165, 1.54) is 0 Å². The molecule has 1 aromatic rings. The van der Waals surface area contributed by atoms with Gasteiger partial charge in [-0.3, -0.25) is 15.6 Å². The van der Waals surface area contributed by atoms with Crippen molar-refractivity contribution in [3.63, 3.8) is 0 Å². The number of benzene rings is 1. The van der Waals surface area contributed by atoms with Gasteiger partial charge in [-0.2, -0.15) is 0 Å². The van der Waals surface area contributed by atoms with E-state index in [9.17, 15) is 4.79 Å². The van der Waals surface area contributed by atoms with E-state index in [2.05, 4.69) is 32.1 Å². The molecule has 0 heterocycles. The number of nitrogens with one attached hydrogen (secondary N) is 3. The fourth-order valence-corrected chi connectivity index (χ4v) is 2.06. The van der Waals surface area contributed by atoms with Crippen molar-refractivity contribution >= 4 is 39.2 Å². The zero-order valence-corrected chi connectivity index (χ0v) is 15.1. The van der Waals surface area contributed by atoms with Crippen LogP contribution >= 0.6 is 28.1 Å². The molecule has 1 amide bonds. The van der Waals surface area contributed by atoms with E-state index >= 15 is 0 Å². The van der Waals surface area contributed by atoms with Crippen molar-refractivity contribution < 1.29 is 14.3 Å². The van der Waals surface area contributed by atoms with E-state index in [0.717, 1.165) is 4.47 Å². The number of rotatable bonds is 6. The summed E-state index contributed by atoms with van der Waals surface area (Å²) in [6, 6.07) is 7.28. The van der Waals surface area contributed by atoms with E-state index in [1.807, 2.05) is 19.1 Å². The fraction of sp³-hybridized carbons (Fsp3) is 0.429. The molecule has 0 saturated carbocycles. The summed E-state index contributed by atoms with van der Waals surface area (Å²) in [6.45, 7) is 4.08. The van der Waals surface area contributed by atoms with Gasteiger partial charge in [0, 0.05) is 17.6 Å². The van der Waals surface area contributed by atoms with Gasteiger partial charge in [-0.1, -0.05) is 15.9 Å². The van der Waals surface area contributed by atoms with E-state index in [0.29, 0.717) is 17.5 Å². The molecule has 0 aliphatic carbocycles. The number of carbonyl (C=O) groups excluding carboxylic acids is 1. The molecule has 0 bridgehead atoms. The Morgan fingerprint density at radius 2 is 1.91 bits per heavy atom. The number of ether oxygens (including phenoxy) is 2. The quantitative estimate of drug-likeness (QED) is 0.508. The topological polar surface area (TPSA) is 71.6 Å². The molecule has 8 heteroatoms. The van der Waals surface area contributed by atoms with E-state index < -0.39 is 6.10 Å². The number of hydrogen-bond donors (Lipinski definition) is 3. The van der Waals surface area contributed by atoms with Gasteiger partial charge in [-0.15, -0.1) is 0 Å². The average Bonchev–Trinajstić information content (AvgIpc) is 2.47. The standard InChI is InChI=1S/C14H20BrN3O3S/c1-9(8-20-3)16-14(22)18-17-13(19)10(2)21-12-6-4-11(15)5-7-12/h4-7,9-10H,8H2,1-3H3,(H,17,19)(H2,16,18,22)/t9-,10+/m1/s1. The van der Waals surface area contributed by atoms with Crippen LogP contribution in [0.15, 0.2) is 28.7 Å². The van der Waals surface area contributed by atoms with Crippen LogP contribution in [0.2, 0.25) is 0 Å². The van der Waals surface area contributed by atoms with Crippen molar-refractivity contribution in [1.29, 1.82) is 0 Å². The highest BCUT2D eigenvalue weighted by molar-refractivity contribution is 9.10. The monoisotopic (exact) mass is 389 g/mol. The summed E-state index contributed by atoms with van der Waals surface area (Å²) in [7, 11) is 1.61. The van der Waals surface area contributed by atoms with Crippen LogP contribution in [0.3, 0.4) is 0 Å². The smallest absolute Gasteiger partial charge is 0.279 e. The van der Waals surface area contributed by atoms with Gasteiger partial charge in [0.1, 0.15) is 5.75 Å². The molecule has 3 N–H and O–H groups in total. The van der Waals surface area contributed by atoms with Gasteiger partial charge in [0.2, 0.25) is 0 Å². The molecular formula is C14H20BrN3O3S. The lowest BCUT2D eigenvalue weighted by atomic mass is 10.3. The summed E-state index contributed by atoms with van der Waals surface area (Å²) in [5.74, 6) is 0.284. The third-order valence-corrected chi connectivity index (χ3v) is 3.34. The summed E-state index contributed by atoms with van der Waals surface area (Å²) >= 11 is 8.39. The lowest BCUT2D eigenvalue weighted by Gasteiger charge is -2.18. The second-order valence-corrected chi connectivity index (χ2v) is 5.98. The Morgan fingerprint density at radius 1 is 1.27 bits per heavy atom. The minimum Gasteiger partial charge on any atom is -0.481 e. The molecule has 0 unspecified atom stereocenters. The summed E-state index contributed by atoms with van der Waals surface area (Å²) in [6.07, 6.45) is -0.659. The largest absolute Gasteiger partial charge is 0.481 e. The minimum absolute atomic E-state index is 0.0401. The highest BCUT2D eigenvalue weighted by Crippen LogP contribution is 2.17. The Labute approximate surface area is 144 Å². The zero-order chi connectivity index (χ0) is 16.5. The molecule has 0 saturated heterocycles. The van der Waals surface area contributed by atoms with Crippen LogP contribution in [0.1, 0.15) is 13.8 Å². The molecule has 0 aromatic heterocycles. The maximum atomic E-state index is 11.9. The lowest BCUT2D eigenvalue weighted by Crippen LogP contribution is -2.52. The summed E-state index contributed by atoms with van der Waals surface area (Å²) in [4.78, 5) is 11.9. The number of halogens is 1. The molecule has 0 spiro atoms. The molecule has 1 aromatic carbocycles. The van der Waals surface area contributed by atoms with Gasteiger partial charge < -0.3 is 14.8 Å². The molecule has 2 atom stereocenters. The predicted octanol–water partition coefficient (Wildman–Crippen LogP) is 1.75. The van der Waals surface area contributed by atoms with Crippen molar-refractivity contribution in [3.8, 4) is 5.75 Å². The highest BCUT2D eigenvalue weighted by atomic mass is 79.9. The van der Waals surface area contributed by atoms with Gasteiger partial charge in [-0.05, 0) is 50.3 Å². The van der Waals surface area contributed by atoms with Crippen molar-refractivity contribution in [3.05, 3.63) is 28.7 Å². The molecule has 122 valence electrons. The molecule has 22 heavy (non-hydrogen) atoms. The normalized spacial score (nSPS) is 12.9.